The lowest BCUT2D eigenvalue weighted by Gasteiger charge is -2.37. The van der Waals surface area contributed by atoms with Gasteiger partial charge >= 0.3 is 0 Å². The molecule has 1 saturated heterocycles. The van der Waals surface area contributed by atoms with E-state index in [1.807, 2.05) is 56.3 Å². The van der Waals surface area contributed by atoms with Crippen LogP contribution in [0.15, 0.2) is 78.8 Å². The van der Waals surface area contributed by atoms with Gasteiger partial charge in [0.2, 0.25) is 0 Å². The Morgan fingerprint density at radius 3 is 2.24 bits per heavy atom. The fraction of sp³-hybridized carbons (Fsp3) is 0.250. The number of nitrogens with zero attached hydrogens (tertiary/aromatic N) is 4. The van der Waals surface area contributed by atoms with Gasteiger partial charge in [-0.1, -0.05) is 48.0 Å². The first-order valence-corrected chi connectivity index (χ1v) is 11.6. The molecule has 3 heterocycles. The summed E-state index contributed by atoms with van der Waals surface area (Å²) in [6.45, 7) is 7.19. The van der Waals surface area contributed by atoms with E-state index in [0.29, 0.717) is 24.4 Å². The molecular weight excluding hydrogens is 424 g/mol. The van der Waals surface area contributed by atoms with Crippen molar-refractivity contribution in [2.45, 2.75) is 20.4 Å². The van der Waals surface area contributed by atoms with Crippen molar-refractivity contribution in [2.75, 3.05) is 31.1 Å². The molecule has 0 bridgehead atoms. The highest BCUT2D eigenvalue weighted by molar-refractivity contribution is 6.35. The molecule has 0 aliphatic carbocycles. The maximum absolute atomic E-state index is 13.7. The number of aromatic nitrogens is 1. The van der Waals surface area contributed by atoms with E-state index >= 15 is 0 Å². The van der Waals surface area contributed by atoms with Crippen molar-refractivity contribution in [2.24, 2.45) is 0 Å². The summed E-state index contributed by atoms with van der Waals surface area (Å²) in [5.41, 5.74) is 6.01. The quantitative estimate of drug-likeness (QED) is 0.551. The Hall–Kier alpha value is -3.93. The van der Waals surface area contributed by atoms with Gasteiger partial charge in [0.25, 0.3) is 11.8 Å². The summed E-state index contributed by atoms with van der Waals surface area (Å²) >= 11 is 0. The summed E-state index contributed by atoms with van der Waals surface area (Å²) in [6, 6.07) is 20.1. The third-order valence-electron chi connectivity index (χ3n) is 6.58. The van der Waals surface area contributed by atoms with Gasteiger partial charge in [0, 0.05) is 44.3 Å². The summed E-state index contributed by atoms with van der Waals surface area (Å²) in [6.07, 6.45) is 3.39. The largest absolute Gasteiger partial charge is 0.368 e. The minimum Gasteiger partial charge on any atom is -0.368 e. The number of aryl methyl sites for hydroxylation is 2. The molecule has 0 atom stereocenters. The zero-order valence-corrected chi connectivity index (χ0v) is 19.6. The number of anilines is 1. The first-order chi connectivity index (χ1) is 16.5. The Kier molecular flexibility index (Phi) is 5.88. The van der Waals surface area contributed by atoms with Gasteiger partial charge in [-0.2, -0.15) is 0 Å². The average Bonchev–Trinajstić information content (AvgIpc) is 3.10. The first-order valence-electron chi connectivity index (χ1n) is 11.6. The lowest BCUT2D eigenvalue weighted by atomic mass is 9.97. The number of imide groups is 1. The van der Waals surface area contributed by atoms with Gasteiger partial charge in [0.1, 0.15) is 5.70 Å². The molecule has 5 rings (SSSR count). The van der Waals surface area contributed by atoms with Gasteiger partial charge in [0.15, 0.2) is 0 Å². The van der Waals surface area contributed by atoms with Gasteiger partial charge in [-0.15, -0.1) is 0 Å². The monoisotopic (exact) mass is 452 g/mol. The van der Waals surface area contributed by atoms with E-state index in [4.69, 9.17) is 0 Å². The van der Waals surface area contributed by atoms with E-state index < -0.39 is 0 Å². The van der Waals surface area contributed by atoms with Crippen molar-refractivity contribution in [3.8, 4) is 0 Å². The minimum atomic E-state index is -0.235. The fourth-order valence-corrected chi connectivity index (χ4v) is 4.84. The summed E-state index contributed by atoms with van der Waals surface area (Å²) in [5.74, 6) is -0.460. The zero-order valence-electron chi connectivity index (χ0n) is 19.6. The second-order valence-electron chi connectivity index (χ2n) is 8.91. The number of piperazine rings is 1. The van der Waals surface area contributed by atoms with Crippen LogP contribution in [0.4, 0.5) is 5.69 Å². The minimum absolute atomic E-state index is 0.216. The van der Waals surface area contributed by atoms with Crippen LogP contribution in [0.5, 0.6) is 0 Å². The van der Waals surface area contributed by atoms with Crippen LogP contribution in [0.25, 0.3) is 5.57 Å². The van der Waals surface area contributed by atoms with Crippen molar-refractivity contribution < 1.29 is 9.59 Å². The molecule has 2 aliphatic heterocycles. The highest BCUT2D eigenvalue weighted by Crippen LogP contribution is 2.35. The molecule has 6 heteroatoms. The SMILES string of the molecule is Cc1ccc(C2=C(N3CCN(c4ccccc4)CC3)C(=O)N(Cc3cccnc3)C2=O)c(C)c1. The summed E-state index contributed by atoms with van der Waals surface area (Å²) in [4.78, 5) is 37.3. The Morgan fingerprint density at radius 1 is 0.824 bits per heavy atom. The van der Waals surface area contributed by atoms with Crippen molar-refractivity contribution in [1.82, 2.24) is 14.8 Å². The van der Waals surface area contributed by atoms with E-state index in [1.165, 1.54) is 10.6 Å². The molecule has 1 aromatic heterocycles. The number of benzene rings is 2. The molecule has 0 saturated carbocycles. The second kappa shape index (κ2) is 9.14. The van der Waals surface area contributed by atoms with Crippen LogP contribution in [0, 0.1) is 13.8 Å². The Bertz CT molecular complexity index is 1250. The zero-order chi connectivity index (χ0) is 23.7. The average molecular weight is 453 g/mol. The molecule has 34 heavy (non-hydrogen) atoms. The van der Waals surface area contributed by atoms with Crippen LogP contribution in [0.3, 0.4) is 0 Å². The molecule has 0 unspecified atom stereocenters. The van der Waals surface area contributed by atoms with Gasteiger partial charge in [0.05, 0.1) is 12.1 Å². The lowest BCUT2D eigenvalue weighted by molar-refractivity contribution is -0.138. The number of pyridine rings is 1. The highest BCUT2D eigenvalue weighted by atomic mass is 16.2. The maximum atomic E-state index is 13.7. The van der Waals surface area contributed by atoms with Crippen LogP contribution in [0.2, 0.25) is 0 Å². The lowest BCUT2D eigenvalue weighted by Crippen LogP contribution is -2.47. The van der Waals surface area contributed by atoms with Crippen molar-refractivity contribution >= 4 is 23.1 Å². The van der Waals surface area contributed by atoms with E-state index in [1.54, 1.807) is 12.4 Å². The number of carbonyl (C=O) groups is 2. The smallest absolute Gasteiger partial charge is 0.278 e. The van der Waals surface area contributed by atoms with Crippen LogP contribution < -0.4 is 4.90 Å². The standard InChI is InChI=1S/C28H28N4O2/c1-20-10-11-24(21(2)17-20)25-26(28(34)32(27(25)33)19-22-7-6-12-29-18-22)31-15-13-30(14-16-31)23-8-4-3-5-9-23/h3-12,17-18H,13-16,19H2,1-2H3. The molecule has 0 radical (unpaired) electrons. The molecule has 172 valence electrons. The van der Waals surface area contributed by atoms with E-state index in [-0.39, 0.29) is 18.4 Å². The molecular formula is C28H28N4O2. The van der Waals surface area contributed by atoms with Gasteiger partial charge in [-0.3, -0.25) is 19.5 Å². The van der Waals surface area contributed by atoms with Gasteiger partial charge in [-0.05, 0) is 48.7 Å². The van der Waals surface area contributed by atoms with E-state index in [0.717, 1.165) is 35.3 Å². The van der Waals surface area contributed by atoms with Crippen LogP contribution in [0.1, 0.15) is 22.3 Å². The molecule has 1 fully saturated rings. The molecule has 2 amide bonds. The molecule has 3 aromatic rings. The number of hydrogen-bond donors (Lipinski definition) is 0. The predicted octanol–water partition coefficient (Wildman–Crippen LogP) is 3.80. The van der Waals surface area contributed by atoms with Crippen molar-refractivity contribution in [3.63, 3.8) is 0 Å². The topological polar surface area (TPSA) is 56.8 Å². The molecule has 0 spiro atoms. The normalized spacial score (nSPS) is 16.6. The third kappa shape index (κ3) is 4.07. The second-order valence-corrected chi connectivity index (χ2v) is 8.91. The van der Waals surface area contributed by atoms with Crippen LogP contribution in [-0.4, -0.2) is 52.8 Å². The molecule has 6 nitrogen and oxygen atoms in total. The van der Waals surface area contributed by atoms with Gasteiger partial charge < -0.3 is 9.80 Å². The summed E-state index contributed by atoms with van der Waals surface area (Å²) in [7, 11) is 0. The van der Waals surface area contributed by atoms with Gasteiger partial charge in [-0.25, -0.2) is 0 Å². The molecule has 2 aromatic carbocycles. The number of amides is 2. The van der Waals surface area contributed by atoms with Crippen molar-refractivity contribution in [1.29, 1.82) is 0 Å². The number of carbonyl (C=O) groups excluding carboxylic acids is 2. The van der Waals surface area contributed by atoms with Crippen LogP contribution in [-0.2, 0) is 16.1 Å². The number of hydrogen-bond acceptors (Lipinski definition) is 5. The summed E-state index contributed by atoms with van der Waals surface area (Å²) in [5, 5.41) is 0. The maximum Gasteiger partial charge on any atom is 0.278 e. The Morgan fingerprint density at radius 2 is 1.56 bits per heavy atom. The van der Waals surface area contributed by atoms with E-state index in [9.17, 15) is 9.59 Å². The Balaban J connectivity index is 1.48. The molecule has 2 aliphatic rings. The van der Waals surface area contributed by atoms with E-state index in [2.05, 4.69) is 33.0 Å². The number of rotatable bonds is 5. The number of para-hydroxylation sites is 1. The molecule has 0 N–H and O–H groups in total. The van der Waals surface area contributed by atoms with Crippen molar-refractivity contribution in [3.05, 3.63) is 101 Å². The fourth-order valence-electron chi connectivity index (χ4n) is 4.84. The third-order valence-corrected chi connectivity index (χ3v) is 6.58. The first kappa shape index (κ1) is 21.9. The summed E-state index contributed by atoms with van der Waals surface area (Å²) < 4.78 is 0. The highest BCUT2D eigenvalue weighted by Gasteiger charge is 2.42. The Labute approximate surface area is 200 Å². The van der Waals surface area contributed by atoms with Crippen LogP contribution >= 0.6 is 0 Å². The predicted molar refractivity (Wildman–Crippen MR) is 133 cm³/mol.